The van der Waals surface area contributed by atoms with Crippen LogP contribution in [0.15, 0.2) is 12.1 Å². The van der Waals surface area contributed by atoms with Crippen molar-refractivity contribution in [2.45, 2.75) is 51.0 Å². The van der Waals surface area contributed by atoms with Crippen LogP contribution >= 0.6 is 0 Å². The van der Waals surface area contributed by atoms with E-state index < -0.39 is 0 Å². The second-order valence-electron chi connectivity index (χ2n) is 6.51. The SMILES string of the molecule is CC(CCO)NC(=O)c1ccc(C2CC2)c(OCC2CC2)n1. The zero-order chi connectivity index (χ0) is 15.5. The summed E-state index contributed by atoms with van der Waals surface area (Å²) < 4.78 is 5.87. The molecule has 5 heteroatoms. The predicted molar refractivity (Wildman–Crippen MR) is 83.1 cm³/mol. The van der Waals surface area contributed by atoms with Crippen molar-refractivity contribution < 1.29 is 14.6 Å². The average Bonchev–Trinajstić information content (AvgIpc) is 3.38. The molecule has 0 radical (unpaired) electrons. The molecule has 0 bridgehead atoms. The van der Waals surface area contributed by atoms with Gasteiger partial charge in [0.1, 0.15) is 5.69 Å². The third-order valence-electron chi connectivity index (χ3n) is 4.23. The smallest absolute Gasteiger partial charge is 0.270 e. The summed E-state index contributed by atoms with van der Waals surface area (Å²) in [6.45, 7) is 2.64. The van der Waals surface area contributed by atoms with Crippen LogP contribution < -0.4 is 10.1 Å². The van der Waals surface area contributed by atoms with Crippen LogP contribution in [0.1, 0.15) is 61.0 Å². The van der Waals surface area contributed by atoms with Crippen LogP contribution in [0, 0.1) is 5.92 Å². The molecule has 22 heavy (non-hydrogen) atoms. The molecule has 0 aliphatic heterocycles. The van der Waals surface area contributed by atoms with Gasteiger partial charge in [0.15, 0.2) is 0 Å². The summed E-state index contributed by atoms with van der Waals surface area (Å²) in [6, 6.07) is 3.69. The summed E-state index contributed by atoms with van der Waals surface area (Å²) in [7, 11) is 0. The molecule has 5 nitrogen and oxygen atoms in total. The van der Waals surface area contributed by atoms with E-state index in [1.807, 2.05) is 13.0 Å². The number of ether oxygens (including phenoxy) is 1. The Hall–Kier alpha value is -1.62. The van der Waals surface area contributed by atoms with Crippen molar-refractivity contribution in [3.63, 3.8) is 0 Å². The van der Waals surface area contributed by atoms with Gasteiger partial charge in [-0.3, -0.25) is 4.79 Å². The van der Waals surface area contributed by atoms with Gasteiger partial charge in [0.05, 0.1) is 6.61 Å². The van der Waals surface area contributed by atoms with E-state index in [0.717, 1.165) is 5.56 Å². The maximum atomic E-state index is 12.2. The second-order valence-corrected chi connectivity index (χ2v) is 6.51. The van der Waals surface area contributed by atoms with Crippen molar-refractivity contribution in [1.29, 1.82) is 0 Å². The molecule has 3 rings (SSSR count). The van der Waals surface area contributed by atoms with Gasteiger partial charge < -0.3 is 15.2 Å². The Balaban J connectivity index is 1.70. The van der Waals surface area contributed by atoms with Crippen LogP contribution in [-0.4, -0.2) is 35.3 Å². The molecular formula is C17H24N2O3. The number of aliphatic hydroxyl groups excluding tert-OH is 1. The average molecular weight is 304 g/mol. The van der Waals surface area contributed by atoms with Gasteiger partial charge in [-0.25, -0.2) is 4.98 Å². The van der Waals surface area contributed by atoms with Crippen molar-refractivity contribution in [2.24, 2.45) is 5.92 Å². The first-order valence-electron chi connectivity index (χ1n) is 8.23. The van der Waals surface area contributed by atoms with Crippen LogP contribution in [0.4, 0.5) is 0 Å². The van der Waals surface area contributed by atoms with Gasteiger partial charge in [0.25, 0.3) is 5.91 Å². The van der Waals surface area contributed by atoms with E-state index in [2.05, 4.69) is 10.3 Å². The number of rotatable bonds is 8. The summed E-state index contributed by atoms with van der Waals surface area (Å²) in [5.41, 5.74) is 1.53. The van der Waals surface area contributed by atoms with Crippen LogP contribution in [0.25, 0.3) is 0 Å². The molecule has 2 fully saturated rings. The Bertz CT molecular complexity index is 539. The molecule has 1 unspecified atom stereocenters. The first-order valence-corrected chi connectivity index (χ1v) is 8.23. The summed E-state index contributed by atoms with van der Waals surface area (Å²) >= 11 is 0. The van der Waals surface area contributed by atoms with Crippen molar-refractivity contribution in [3.8, 4) is 5.88 Å². The van der Waals surface area contributed by atoms with Crippen molar-refractivity contribution >= 4 is 5.91 Å². The van der Waals surface area contributed by atoms with Crippen molar-refractivity contribution in [2.75, 3.05) is 13.2 Å². The molecule has 0 spiro atoms. The third-order valence-corrected chi connectivity index (χ3v) is 4.23. The molecule has 1 amide bonds. The normalized spacial score (nSPS) is 18.8. The Kier molecular flexibility index (Phi) is 4.62. The number of carbonyl (C=O) groups is 1. The van der Waals surface area contributed by atoms with Crippen LogP contribution in [0.2, 0.25) is 0 Å². The standard InChI is InChI=1S/C17H24N2O3/c1-11(8-9-20)18-16(21)15-7-6-14(13-4-5-13)17(19-15)22-10-12-2-3-12/h6-7,11-13,20H,2-5,8-10H2,1H3,(H,18,21). The zero-order valence-corrected chi connectivity index (χ0v) is 13.0. The molecule has 0 saturated heterocycles. The minimum Gasteiger partial charge on any atom is -0.477 e. The van der Waals surface area contributed by atoms with Gasteiger partial charge in [-0.05, 0) is 56.9 Å². The predicted octanol–water partition coefficient (Wildman–Crippen LogP) is 2.25. The lowest BCUT2D eigenvalue weighted by Crippen LogP contribution is -2.33. The molecule has 2 aliphatic carbocycles. The lowest BCUT2D eigenvalue weighted by atomic mass is 10.1. The van der Waals surface area contributed by atoms with E-state index in [-0.39, 0.29) is 18.6 Å². The lowest BCUT2D eigenvalue weighted by Gasteiger charge is -2.14. The van der Waals surface area contributed by atoms with Gasteiger partial charge in [0.2, 0.25) is 5.88 Å². The summed E-state index contributed by atoms with van der Waals surface area (Å²) in [6.07, 6.45) is 5.37. The van der Waals surface area contributed by atoms with Gasteiger partial charge >= 0.3 is 0 Å². The fourth-order valence-electron chi connectivity index (χ4n) is 2.44. The third kappa shape index (κ3) is 3.97. The van der Waals surface area contributed by atoms with E-state index in [0.29, 0.717) is 36.4 Å². The van der Waals surface area contributed by atoms with Gasteiger partial charge in [-0.15, -0.1) is 0 Å². The molecule has 2 saturated carbocycles. The molecule has 1 atom stereocenters. The first kappa shape index (κ1) is 15.3. The van der Waals surface area contributed by atoms with E-state index in [9.17, 15) is 4.79 Å². The minimum atomic E-state index is -0.209. The molecule has 2 N–H and O–H groups in total. The quantitative estimate of drug-likeness (QED) is 0.772. The fraction of sp³-hybridized carbons (Fsp3) is 0.647. The highest BCUT2D eigenvalue weighted by Gasteiger charge is 2.30. The molecule has 0 aromatic carbocycles. The number of amides is 1. The highest BCUT2D eigenvalue weighted by Crippen LogP contribution is 2.44. The van der Waals surface area contributed by atoms with E-state index >= 15 is 0 Å². The second kappa shape index (κ2) is 6.65. The fourth-order valence-corrected chi connectivity index (χ4v) is 2.44. The monoisotopic (exact) mass is 304 g/mol. The number of aliphatic hydroxyl groups is 1. The summed E-state index contributed by atoms with van der Waals surface area (Å²) in [4.78, 5) is 16.7. The molecule has 1 heterocycles. The van der Waals surface area contributed by atoms with E-state index in [1.54, 1.807) is 6.07 Å². The Morgan fingerprint density at radius 1 is 1.41 bits per heavy atom. The highest BCUT2D eigenvalue weighted by molar-refractivity contribution is 5.92. The molecule has 2 aliphatic rings. The number of hydrogen-bond acceptors (Lipinski definition) is 4. The van der Waals surface area contributed by atoms with Crippen molar-refractivity contribution in [3.05, 3.63) is 23.4 Å². The Labute approximate surface area is 131 Å². The number of aromatic nitrogens is 1. The van der Waals surface area contributed by atoms with Crippen LogP contribution in [-0.2, 0) is 0 Å². The highest BCUT2D eigenvalue weighted by atomic mass is 16.5. The maximum absolute atomic E-state index is 12.2. The van der Waals surface area contributed by atoms with Crippen molar-refractivity contribution in [1.82, 2.24) is 10.3 Å². The summed E-state index contributed by atoms with van der Waals surface area (Å²) in [5.74, 6) is 1.64. The Morgan fingerprint density at radius 3 is 2.82 bits per heavy atom. The number of nitrogens with zero attached hydrogens (tertiary/aromatic N) is 1. The lowest BCUT2D eigenvalue weighted by molar-refractivity contribution is 0.0928. The topological polar surface area (TPSA) is 71.5 Å². The van der Waals surface area contributed by atoms with E-state index in [1.165, 1.54) is 25.7 Å². The van der Waals surface area contributed by atoms with Gasteiger partial charge in [-0.2, -0.15) is 0 Å². The first-order chi connectivity index (χ1) is 10.7. The number of carbonyl (C=O) groups excluding carboxylic acids is 1. The molecule has 1 aromatic heterocycles. The largest absolute Gasteiger partial charge is 0.477 e. The maximum Gasteiger partial charge on any atom is 0.270 e. The number of nitrogens with one attached hydrogen (secondary N) is 1. The Morgan fingerprint density at radius 2 is 2.18 bits per heavy atom. The molecule has 120 valence electrons. The summed E-state index contributed by atoms with van der Waals surface area (Å²) in [5, 5.41) is 11.8. The number of hydrogen-bond donors (Lipinski definition) is 2. The van der Waals surface area contributed by atoms with Gasteiger partial charge in [0, 0.05) is 18.2 Å². The van der Waals surface area contributed by atoms with Crippen LogP contribution in [0.5, 0.6) is 5.88 Å². The van der Waals surface area contributed by atoms with Gasteiger partial charge in [-0.1, -0.05) is 6.07 Å². The minimum absolute atomic E-state index is 0.0608. The van der Waals surface area contributed by atoms with Crippen LogP contribution in [0.3, 0.4) is 0 Å². The molecule has 1 aromatic rings. The zero-order valence-electron chi connectivity index (χ0n) is 13.0. The molecular weight excluding hydrogens is 280 g/mol. The number of pyridine rings is 1. The van der Waals surface area contributed by atoms with E-state index in [4.69, 9.17) is 9.84 Å².